The van der Waals surface area contributed by atoms with Gasteiger partial charge in [0.05, 0.1) is 11.3 Å². The molecule has 0 aromatic carbocycles. The average molecular weight is 363 g/mol. The van der Waals surface area contributed by atoms with Crippen LogP contribution in [0, 0.1) is 0 Å². The number of nitrogens with zero attached hydrogens (tertiary/aromatic N) is 3. The second kappa shape index (κ2) is 6.25. The lowest BCUT2D eigenvalue weighted by molar-refractivity contribution is -0.139. The number of carbonyl (C=O) groups is 4. The minimum absolute atomic E-state index is 0.000170. The molecule has 2 aliphatic heterocycles. The lowest BCUT2D eigenvalue weighted by Gasteiger charge is -2.40. The molecule has 25 heavy (non-hydrogen) atoms. The zero-order valence-corrected chi connectivity index (χ0v) is 15.4. The van der Waals surface area contributed by atoms with Crippen molar-refractivity contribution in [3.05, 3.63) is 21.9 Å². The number of hydrogen-bond acceptors (Lipinski definition) is 5. The van der Waals surface area contributed by atoms with E-state index in [0.717, 1.165) is 10.5 Å². The summed E-state index contributed by atoms with van der Waals surface area (Å²) >= 11 is 1.35. The van der Waals surface area contributed by atoms with Gasteiger partial charge in [0.25, 0.3) is 5.91 Å². The number of rotatable bonds is 3. The fourth-order valence-electron chi connectivity index (χ4n) is 3.57. The molecule has 3 heterocycles. The first-order valence-electron chi connectivity index (χ1n) is 8.18. The molecule has 134 valence electrons. The Kier molecular flexibility index (Phi) is 4.40. The van der Waals surface area contributed by atoms with E-state index in [2.05, 4.69) is 0 Å². The normalized spacial score (nSPS) is 19.9. The molecule has 0 atom stereocenters. The summed E-state index contributed by atoms with van der Waals surface area (Å²) in [6.07, 6.45) is 1.15. The van der Waals surface area contributed by atoms with Gasteiger partial charge >= 0.3 is 6.03 Å². The Hall–Kier alpha value is -2.22. The van der Waals surface area contributed by atoms with Gasteiger partial charge < -0.3 is 9.80 Å². The van der Waals surface area contributed by atoms with E-state index in [1.807, 2.05) is 5.38 Å². The highest BCUT2D eigenvalue weighted by molar-refractivity contribution is 7.12. The molecule has 1 aromatic heterocycles. The van der Waals surface area contributed by atoms with E-state index in [-0.39, 0.29) is 30.0 Å². The molecule has 2 saturated heterocycles. The largest absolute Gasteiger partial charge is 0.342 e. The molecule has 8 heteroatoms. The van der Waals surface area contributed by atoms with Crippen LogP contribution < -0.4 is 0 Å². The summed E-state index contributed by atoms with van der Waals surface area (Å²) < 4.78 is 0. The van der Waals surface area contributed by atoms with Gasteiger partial charge in [-0.1, -0.05) is 0 Å². The number of carbonyl (C=O) groups excluding carboxylic acids is 4. The van der Waals surface area contributed by atoms with Crippen molar-refractivity contribution in [3.8, 4) is 0 Å². The molecule has 0 bridgehead atoms. The maximum atomic E-state index is 12.5. The highest BCUT2D eigenvalue weighted by Gasteiger charge is 2.55. The Bertz CT molecular complexity index is 749. The lowest BCUT2D eigenvalue weighted by atomic mass is 9.86. The maximum Gasteiger partial charge on any atom is 0.327 e. The minimum atomic E-state index is -0.813. The van der Waals surface area contributed by atoms with Crippen LogP contribution in [0.4, 0.5) is 4.79 Å². The first-order chi connectivity index (χ1) is 11.8. The van der Waals surface area contributed by atoms with Crippen molar-refractivity contribution in [2.45, 2.75) is 31.7 Å². The highest BCUT2D eigenvalue weighted by atomic mass is 32.1. The van der Waals surface area contributed by atoms with Gasteiger partial charge in [0, 0.05) is 27.2 Å². The van der Waals surface area contributed by atoms with Crippen LogP contribution in [0.15, 0.2) is 11.4 Å². The number of hydrogen-bond donors (Lipinski definition) is 0. The standard InChI is InChI=1S/C17H21N3O4S/c1-11(21)13-8-12(10-25-13)9-14(22)20-6-4-17(5-7-20)15(23)18(2)16(24)19(17)3/h8,10H,4-7,9H2,1-3H3. The third-order valence-electron chi connectivity index (χ3n) is 5.22. The number of amides is 4. The van der Waals surface area contributed by atoms with Crippen LogP contribution in [-0.4, -0.2) is 71.1 Å². The number of piperidine rings is 1. The SMILES string of the molecule is CC(=O)c1cc(CC(=O)N2CCC3(CC2)C(=O)N(C)C(=O)N3C)cs1. The topological polar surface area (TPSA) is 78.0 Å². The van der Waals surface area contributed by atoms with Crippen molar-refractivity contribution in [2.24, 2.45) is 0 Å². The molecule has 2 fully saturated rings. The molecule has 0 unspecified atom stereocenters. The van der Waals surface area contributed by atoms with E-state index in [9.17, 15) is 19.2 Å². The Morgan fingerprint density at radius 2 is 1.84 bits per heavy atom. The monoisotopic (exact) mass is 363 g/mol. The van der Waals surface area contributed by atoms with Gasteiger partial charge in [-0.25, -0.2) is 4.79 Å². The van der Waals surface area contributed by atoms with Crippen LogP contribution in [0.2, 0.25) is 0 Å². The van der Waals surface area contributed by atoms with Crippen LogP contribution in [0.1, 0.15) is 35.0 Å². The van der Waals surface area contributed by atoms with E-state index in [4.69, 9.17) is 0 Å². The zero-order chi connectivity index (χ0) is 18.4. The first-order valence-corrected chi connectivity index (χ1v) is 9.06. The Balaban J connectivity index is 1.64. The van der Waals surface area contributed by atoms with Crippen LogP contribution >= 0.6 is 11.3 Å². The molecular weight excluding hydrogens is 342 g/mol. The highest BCUT2D eigenvalue weighted by Crippen LogP contribution is 2.35. The van der Waals surface area contributed by atoms with Crippen LogP contribution in [0.3, 0.4) is 0 Å². The molecule has 0 saturated carbocycles. The molecule has 0 N–H and O–H groups in total. The maximum absolute atomic E-state index is 12.5. The van der Waals surface area contributed by atoms with Crippen molar-refractivity contribution in [3.63, 3.8) is 0 Å². The number of Topliss-reactive ketones (excluding diaryl/α,β-unsaturated/α-hetero) is 1. The number of ketones is 1. The number of imide groups is 1. The van der Waals surface area contributed by atoms with E-state index in [0.29, 0.717) is 30.8 Å². The van der Waals surface area contributed by atoms with Gasteiger partial charge in [0.2, 0.25) is 5.91 Å². The number of likely N-dealkylation sites (N-methyl/N-ethyl adjacent to an activating group) is 2. The summed E-state index contributed by atoms with van der Waals surface area (Å²) in [6.45, 7) is 2.40. The molecule has 1 aromatic rings. The predicted molar refractivity (Wildman–Crippen MR) is 92.5 cm³/mol. The second-order valence-corrected chi connectivity index (χ2v) is 7.58. The van der Waals surface area contributed by atoms with E-state index in [1.165, 1.54) is 30.2 Å². The summed E-state index contributed by atoms with van der Waals surface area (Å²) in [5.41, 5.74) is 0.0248. The predicted octanol–water partition coefficient (Wildman–Crippen LogP) is 1.38. The number of thiophene rings is 1. The molecule has 2 aliphatic rings. The van der Waals surface area contributed by atoms with E-state index >= 15 is 0 Å². The Morgan fingerprint density at radius 1 is 1.20 bits per heavy atom. The molecule has 0 aliphatic carbocycles. The molecule has 4 amide bonds. The van der Waals surface area contributed by atoms with Crippen molar-refractivity contribution in [2.75, 3.05) is 27.2 Å². The van der Waals surface area contributed by atoms with Crippen molar-refractivity contribution in [1.82, 2.24) is 14.7 Å². The molecule has 7 nitrogen and oxygen atoms in total. The van der Waals surface area contributed by atoms with Crippen LogP contribution in [0.25, 0.3) is 0 Å². The minimum Gasteiger partial charge on any atom is -0.342 e. The zero-order valence-electron chi connectivity index (χ0n) is 14.6. The molecular formula is C17H21N3O4S. The van der Waals surface area contributed by atoms with Gasteiger partial charge in [0.15, 0.2) is 5.78 Å². The van der Waals surface area contributed by atoms with Crippen LogP contribution in [0.5, 0.6) is 0 Å². The summed E-state index contributed by atoms with van der Waals surface area (Å²) in [5.74, 6) is -0.202. The van der Waals surface area contributed by atoms with E-state index in [1.54, 1.807) is 18.0 Å². The van der Waals surface area contributed by atoms with Gasteiger partial charge in [0.1, 0.15) is 5.54 Å². The first kappa shape index (κ1) is 17.6. The van der Waals surface area contributed by atoms with Crippen LogP contribution in [-0.2, 0) is 16.0 Å². The van der Waals surface area contributed by atoms with Crippen molar-refractivity contribution in [1.29, 1.82) is 0 Å². The third-order valence-corrected chi connectivity index (χ3v) is 6.30. The second-order valence-electron chi connectivity index (χ2n) is 6.67. The van der Waals surface area contributed by atoms with Gasteiger partial charge in [-0.3, -0.25) is 19.3 Å². The molecule has 0 radical (unpaired) electrons. The fraction of sp³-hybridized carbons (Fsp3) is 0.529. The summed E-state index contributed by atoms with van der Waals surface area (Å²) in [6, 6.07) is 1.47. The Morgan fingerprint density at radius 3 is 2.32 bits per heavy atom. The lowest BCUT2D eigenvalue weighted by Crippen LogP contribution is -2.56. The van der Waals surface area contributed by atoms with E-state index < -0.39 is 5.54 Å². The quantitative estimate of drug-likeness (QED) is 0.600. The number of urea groups is 1. The van der Waals surface area contributed by atoms with Gasteiger partial charge in [-0.15, -0.1) is 11.3 Å². The molecule has 3 rings (SSSR count). The summed E-state index contributed by atoms with van der Waals surface area (Å²) in [4.78, 5) is 53.4. The fourth-order valence-corrected chi connectivity index (χ4v) is 4.38. The average Bonchev–Trinajstić information content (AvgIpc) is 3.12. The smallest absolute Gasteiger partial charge is 0.327 e. The van der Waals surface area contributed by atoms with Crippen molar-refractivity contribution < 1.29 is 19.2 Å². The Labute approximate surface area is 150 Å². The van der Waals surface area contributed by atoms with Gasteiger partial charge in [-0.2, -0.15) is 0 Å². The molecule has 1 spiro atoms. The summed E-state index contributed by atoms with van der Waals surface area (Å²) in [5, 5.41) is 1.84. The number of likely N-dealkylation sites (tertiary alicyclic amines) is 1. The van der Waals surface area contributed by atoms with Crippen molar-refractivity contribution >= 4 is 35.0 Å². The van der Waals surface area contributed by atoms with Gasteiger partial charge in [-0.05, 0) is 36.8 Å². The summed E-state index contributed by atoms with van der Waals surface area (Å²) in [7, 11) is 3.15. The third kappa shape index (κ3) is 2.84.